The van der Waals surface area contributed by atoms with E-state index in [4.69, 9.17) is 0 Å². The SMILES string of the molecule is CNC(=O)NC(=O)c1c(NC(=O)c2ccc(S(=O)(=O)N(C)C3CCCCC3)cc2)sc2c1CCN(C(C)=O)C2. The first kappa shape index (κ1) is 28.7. The third-order valence-electron chi connectivity index (χ3n) is 7.29. The van der Waals surface area contributed by atoms with E-state index in [0.29, 0.717) is 25.1 Å². The number of carbonyl (C=O) groups is 4. The average Bonchev–Trinajstić information content (AvgIpc) is 3.30. The molecule has 13 heteroatoms. The van der Waals surface area contributed by atoms with Crippen LogP contribution in [0.4, 0.5) is 9.80 Å². The lowest BCUT2D eigenvalue weighted by Crippen LogP contribution is -2.39. The number of sulfonamides is 1. The highest BCUT2D eigenvalue weighted by atomic mass is 32.2. The van der Waals surface area contributed by atoms with Gasteiger partial charge in [0.15, 0.2) is 0 Å². The maximum Gasteiger partial charge on any atom is 0.321 e. The molecule has 1 aromatic carbocycles. The molecular formula is C26H33N5O6S2. The molecule has 2 aliphatic rings. The first-order chi connectivity index (χ1) is 18.5. The molecule has 39 heavy (non-hydrogen) atoms. The number of fused-ring (bicyclic) bond motifs is 1. The van der Waals surface area contributed by atoms with E-state index in [1.165, 1.54) is 53.9 Å². The zero-order valence-electron chi connectivity index (χ0n) is 22.2. The molecule has 0 unspecified atom stereocenters. The first-order valence-corrected chi connectivity index (χ1v) is 15.1. The van der Waals surface area contributed by atoms with Gasteiger partial charge in [-0.15, -0.1) is 11.3 Å². The number of rotatable bonds is 6. The number of urea groups is 1. The van der Waals surface area contributed by atoms with Gasteiger partial charge >= 0.3 is 6.03 Å². The van der Waals surface area contributed by atoms with Crippen LogP contribution in [0.3, 0.4) is 0 Å². The molecule has 1 saturated carbocycles. The molecular weight excluding hydrogens is 542 g/mol. The lowest BCUT2D eigenvalue weighted by molar-refractivity contribution is -0.129. The smallest absolute Gasteiger partial charge is 0.321 e. The summed E-state index contributed by atoms with van der Waals surface area (Å²) in [6.07, 6.45) is 5.20. The van der Waals surface area contributed by atoms with Gasteiger partial charge in [0.1, 0.15) is 5.00 Å². The number of benzene rings is 1. The number of amides is 5. The summed E-state index contributed by atoms with van der Waals surface area (Å²) in [5.74, 6) is -1.29. The largest absolute Gasteiger partial charge is 0.341 e. The number of hydrogen-bond acceptors (Lipinski definition) is 7. The number of thiophene rings is 1. The van der Waals surface area contributed by atoms with Gasteiger partial charge in [0, 0.05) is 44.0 Å². The van der Waals surface area contributed by atoms with Crippen molar-refractivity contribution in [3.8, 4) is 0 Å². The van der Waals surface area contributed by atoms with Crippen molar-refractivity contribution >= 4 is 50.1 Å². The van der Waals surface area contributed by atoms with Crippen molar-refractivity contribution in [1.82, 2.24) is 19.8 Å². The van der Waals surface area contributed by atoms with Crippen LogP contribution in [0.5, 0.6) is 0 Å². The molecule has 210 valence electrons. The average molecular weight is 576 g/mol. The van der Waals surface area contributed by atoms with Gasteiger partial charge in [-0.2, -0.15) is 4.31 Å². The highest BCUT2D eigenvalue weighted by molar-refractivity contribution is 7.89. The van der Waals surface area contributed by atoms with Crippen LogP contribution < -0.4 is 16.0 Å². The molecule has 1 fully saturated rings. The Bertz CT molecular complexity index is 1380. The van der Waals surface area contributed by atoms with Crippen molar-refractivity contribution in [3.63, 3.8) is 0 Å². The fraction of sp³-hybridized carbons (Fsp3) is 0.462. The molecule has 1 aliphatic carbocycles. The summed E-state index contributed by atoms with van der Waals surface area (Å²) >= 11 is 1.18. The summed E-state index contributed by atoms with van der Waals surface area (Å²) in [6.45, 7) is 2.18. The number of anilines is 1. The van der Waals surface area contributed by atoms with Crippen LogP contribution in [0.1, 0.15) is 70.2 Å². The molecule has 1 aromatic heterocycles. The number of imide groups is 1. The third-order valence-corrected chi connectivity index (χ3v) is 10.3. The predicted molar refractivity (Wildman–Crippen MR) is 147 cm³/mol. The Labute approximate surface area is 232 Å². The summed E-state index contributed by atoms with van der Waals surface area (Å²) in [6, 6.07) is 4.97. The van der Waals surface area contributed by atoms with Crippen molar-refractivity contribution in [2.45, 2.75) is 62.9 Å². The second-order valence-electron chi connectivity index (χ2n) is 9.72. The van der Waals surface area contributed by atoms with Gasteiger partial charge in [0.25, 0.3) is 11.8 Å². The second kappa shape index (κ2) is 11.8. The van der Waals surface area contributed by atoms with Gasteiger partial charge in [0.2, 0.25) is 15.9 Å². The molecule has 2 heterocycles. The van der Waals surface area contributed by atoms with Crippen LogP contribution in [0.2, 0.25) is 0 Å². The van der Waals surface area contributed by atoms with Crippen LogP contribution in [0.15, 0.2) is 29.2 Å². The Morgan fingerprint density at radius 1 is 1.03 bits per heavy atom. The second-order valence-corrected chi connectivity index (χ2v) is 12.8. The normalized spacial score (nSPS) is 15.9. The molecule has 5 amide bonds. The zero-order valence-corrected chi connectivity index (χ0v) is 23.8. The summed E-state index contributed by atoms with van der Waals surface area (Å²) < 4.78 is 27.7. The van der Waals surface area contributed by atoms with Crippen LogP contribution in [-0.2, 0) is 27.8 Å². The van der Waals surface area contributed by atoms with Crippen molar-refractivity contribution in [1.29, 1.82) is 0 Å². The number of nitrogens with one attached hydrogen (secondary N) is 3. The van der Waals surface area contributed by atoms with Crippen molar-refractivity contribution in [2.75, 3.05) is 26.0 Å². The van der Waals surface area contributed by atoms with E-state index in [-0.39, 0.29) is 33.0 Å². The molecule has 2 aromatic rings. The standard InChI is InChI=1S/C26H33N5O6S2/c1-16(32)31-14-13-20-21(15-31)38-25(22(20)24(34)29-26(35)27-2)28-23(33)17-9-11-19(12-10-17)39(36,37)30(3)18-7-5-4-6-8-18/h9-12,18H,4-8,13-15H2,1-3H3,(H,28,33)(H2,27,29,34,35). The van der Waals surface area contributed by atoms with Crippen molar-refractivity contribution < 1.29 is 27.6 Å². The maximum absolute atomic E-state index is 13.2. The van der Waals surface area contributed by atoms with Gasteiger partial charge in [0.05, 0.1) is 17.0 Å². The van der Waals surface area contributed by atoms with Gasteiger partial charge < -0.3 is 15.5 Å². The molecule has 0 spiro atoms. The molecule has 0 atom stereocenters. The number of nitrogens with zero attached hydrogens (tertiary/aromatic N) is 2. The van der Waals surface area contributed by atoms with Crippen LogP contribution >= 0.6 is 11.3 Å². The van der Waals surface area contributed by atoms with Crippen LogP contribution in [0, 0.1) is 0 Å². The Balaban J connectivity index is 1.56. The molecule has 0 saturated heterocycles. The van der Waals surface area contributed by atoms with Crippen molar-refractivity contribution in [2.24, 2.45) is 0 Å². The first-order valence-electron chi connectivity index (χ1n) is 12.9. The summed E-state index contributed by atoms with van der Waals surface area (Å²) in [4.78, 5) is 52.3. The molecule has 4 rings (SSSR count). The van der Waals surface area contributed by atoms with Gasteiger partial charge in [-0.05, 0) is 49.1 Å². The highest BCUT2D eigenvalue weighted by Gasteiger charge is 2.31. The Kier molecular flexibility index (Phi) is 8.72. The Morgan fingerprint density at radius 2 is 1.69 bits per heavy atom. The van der Waals surface area contributed by atoms with E-state index < -0.39 is 27.9 Å². The topological polar surface area (TPSA) is 145 Å². The van der Waals surface area contributed by atoms with Gasteiger partial charge in [-0.3, -0.25) is 19.7 Å². The molecule has 1 aliphatic heterocycles. The quantitative estimate of drug-likeness (QED) is 0.483. The lowest BCUT2D eigenvalue weighted by atomic mass is 9.96. The Hall–Kier alpha value is -3.29. The summed E-state index contributed by atoms with van der Waals surface area (Å²) in [5, 5.41) is 7.59. The monoisotopic (exact) mass is 575 g/mol. The number of hydrogen-bond donors (Lipinski definition) is 3. The van der Waals surface area contributed by atoms with E-state index >= 15 is 0 Å². The summed E-state index contributed by atoms with van der Waals surface area (Å²) in [7, 11) is -0.721. The zero-order chi connectivity index (χ0) is 28.3. The minimum Gasteiger partial charge on any atom is -0.341 e. The van der Waals surface area contributed by atoms with E-state index in [2.05, 4.69) is 16.0 Å². The van der Waals surface area contributed by atoms with Crippen molar-refractivity contribution in [3.05, 3.63) is 45.8 Å². The van der Waals surface area contributed by atoms with Crippen LogP contribution in [-0.4, -0.2) is 68.1 Å². The fourth-order valence-corrected chi connectivity index (χ4v) is 7.66. The van der Waals surface area contributed by atoms with E-state index in [0.717, 1.165) is 37.0 Å². The highest BCUT2D eigenvalue weighted by Crippen LogP contribution is 2.37. The van der Waals surface area contributed by atoms with E-state index in [9.17, 15) is 27.6 Å². The minimum atomic E-state index is -3.71. The molecule has 3 N–H and O–H groups in total. The maximum atomic E-state index is 13.2. The van der Waals surface area contributed by atoms with Gasteiger partial charge in [-0.25, -0.2) is 13.2 Å². The number of carbonyl (C=O) groups excluding carboxylic acids is 4. The van der Waals surface area contributed by atoms with E-state index in [1.807, 2.05) is 0 Å². The van der Waals surface area contributed by atoms with E-state index in [1.54, 1.807) is 11.9 Å². The molecule has 0 bridgehead atoms. The fourth-order valence-electron chi connectivity index (χ4n) is 4.99. The molecule has 0 radical (unpaired) electrons. The third kappa shape index (κ3) is 6.15. The predicted octanol–water partition coefficient (Wildman–Crippen LogP) is 2.93. The Morgan fingerprint density at radius 3 is 2.31 bits per heavy atom. The molecule has 11 nitrogen and oxygen atoms in total. The lowest BCUT2D eigenvalue weighted by Gasteiger charge is -2.30. The van der Waals surface area contributed by atoms with Crippen LogP contribution in [0.25, 0.3) is 0 Å². The summed E-state index contributed by atoms with van der Waals surface area (Å²) in [5.41, 5.74) is 1.08. The van der Waals surface area contributed by atoms with Gasteiger partial charge in [-0.1, -0.05) is 19.3 Å². The minimum absolute atomic E-state index is 0.0325.